The number of amides is 1. The number of nitrogens with zero attached hydrogens (tertiary/aromatic N) is 2. The molecular formula is C14H11ClN2O2. The smallest absolute Gasteiger partial charge is 0.265 e. The van der Waals surface area contributed by atoms with Gasteiger partial charge in [0.1, 0.15) is 10.9 Å². The topological polar surface area (TPSA) is 42.4 Å². The summed E-state index contributed by atoms with van der Waals surface area (Å²) >= 11 is 5.75. The SMILES string of the molecule is O=C1COc2ccccc2N1Cc1ccc(Cl)nc1. The Kier molecular flexibility index (Phi) is 3.09. The average molecular weight is 275 g/mol. The van der Waals surface area contributed by atoms with Gasteiger partial charge in [-0.15, -0.1) is 0 Å². The van der Waals surface area contributed by atoms with Crippen molar-refractivity contribution in [3.8, 4) is 5.75 Å². The first-order chi connectivity index (χ1) is 9.24. The van der Waals surface area contributed by atoms with Gasteiger partial charge in [-0.1, -0.05) is 29.8 Å². The molecule has 2 heterocycles. The second kappa shape index (κ2) is 4.90. The molecule has 1 amide bonds. The zero-order valence-corrected chi connectivity index (χ0v) is 10.8. The number of hydrogen-bond donors (Lipinski definition) is 0. The van der Waals surface area contributed by atoms with E-state index in [1.165, 1.54) is 0 Å². The summed E-state index contributed by atoms with van der Waals surface area (Å²) in [5.74, 6) is 0.665. The molecule has 1 aromatic heterocycles. The van der Waals surface area contributed by atoms with Crippen molar-refractivity contribution in [3.05, 3.63) is 53.3 Å². The van der Waals surface area contributed by atoms with Gasteiger partial charge in [-0.3, -0.25) is 4.79 Å². The minimum absolute atomic E-state index is 0.0614. The molecule has 0 saturated heterocycles. The molecule has 1 aliphatic rings. The molecule has 1 aliphatic heterocycles. The Bertz CT molecular complexity index is 613. The van der Waals surface area contributed by atoms with Crippen molar-refractivity contribution in [3.63, 3.8) is 0 Å². The van der Waals surface area contributed by atoms with Crippen LogP contribution in [-0.2, 0) is 11.3 Å². The maximum absolute atomic E-state index is 12.0. The summed E-state index contributed by atoms with van der Waals surface area (Å²) in [6, 6.07) is 11.1. The third-order valence-corrected chi connectivity index (χ3v) is 3.16. The van der Waals surface area contributed by atoms with Crippen LogP contribution in [0.2, 0.25) is 5.15 Å². The monoisotopic (exact) mass is 274 g/mol. The molecule has 4 nitrogen and oxygen atoms in total. The number of rotatable bonds is 2. The number of hydrogen-bond acceptors (Lipinski definition) is 3. The Morgan fingerprint density at radius 2 is 2.11 bits per heavy atom. The van der Waals surface area contributed by atoms with Crippen molar-refractivity contribution in [1.29, 1.82) is 0 Å². The molecule has 0 radical (unpaired) electrons. The van der Waals surface area contributed by atoms with Crippen LogP contribution in [0.3, 0.4) is 0 Å². The van der Waals surface area contributed by atoms with E-state index in [1.54, 1.807) is 17.2 Å². The van der Waals surface area contributed by atoms with Gasteiger partial charge < -0.3 is 9.64 Å². The van der Waals surface area contributed by atoms with Crippen molar-refractivity contribution in [2.24, 2.45) is 0 Å². The van der Waals surface area contributed by atoms with Crippen LogP contribution in [0.4, 0.5) is 5.69 Å². The van der Waals surface area contributed by atoms with Gasteiger partial charge in [0.15, 0.2) is 6.61 Å². The molecule has 5 heteroatoms. The molecule has 0 saturated carbocycles. The van der Waals surface area contributed by atoms with Gasteiger partial charge >= 0.3 is 0 Å². The van der Waals surface area contributed by atoms with Gasteiger partial charge in [0.25, 0.3) is 5.91 Å². The first-order valence-corrected chi connectivity index (χ1v) is 6.24. The minimum atomic E-state index is -0.0614. The lowest BCUT2D eigenvalue weighted by atomic mass is 10.2. The summed E-state index contributed by atoms with van der Waals surface area (Å²) in [4.78, 5) is 17.7. The lowest BCUT2D eigenvalue weighted by Crippen LogP contribution is -2.38. The number of anilines is 1. The first kappa shape index (κ1) is 12.0. The van der Waals surface area contributed by atoms with Crippen molar-refractivity contribution >= 4 is 23.2 Å². The highest BCUT2D eigenvalue weighted by molar-refractivity contribution is 6.29. The molecule has 0 atom stereocenters. The zero-order valence-electron chi connectivity index (χ0n) is 10.0. The van der Waals surface area contributed by atoms with E-state index < -0.39 is 0 Å². The molecule has 1 aromatic carbocycles. The van der Waals surface area contributed by atoms with Gasteiger partial charge in [0, 0.05) is 6.20 Å². The van der Waals surface area contributed by atoms with E-state index in [-0.39, 0.29) is 12.5 Å². The fourth-order valence-corrected chi connectivity index (χ4v) is 2.12. The molecule has 0 unspecified atom stereocenters. The third-order valence-electron chi connectivity index (χ3n) is 2.94. The highest BCUT2D eigenvalue weighted by Crippen LogP contribution is 2.32. The Labute approximate surface area is 115 Å². The lowest BCUT2D eigenvalue weighted by Gasteiger charge is -2.29. The van der Waals surface area contributed by atoms with E-state index in [2.05, 4.69) is 4.98 Å². The number of fused-ring (bicyclic) bond motifs is 1. The van der Waals surface area contributed by atoms with Gasteiger partial charge in [-0.25, -0.2) is 4.98 Å². The van der Waals surface area contributed by atoms with E-state index in [1.807, 2.05) is 30.3 Å². The largest absolute Gasteiger partial charge is 0.482 e. The fraction of sp³-hybridized carbons (Fsp3) is 0.143. The number of aromatic nitrogens is 1. The van der Waals surface area contributed by atoms with Crippen LogP contribution < -0.4 is 9.64 Å². The van der Waals surface area contributed by atoms with Crippen LogP contribution in [0, 0.1) is 0 Å². The predicted octanol–water partition coefficient (Wildman–Crippen LogP) is 2.66. The summed E-state index contributed by atoms with van der Waals surface area (Å²) in [5, 5.41) is 0.442. The van der Waals surface area contributed by atoms with Crippen LogP contribution in [0.15, 0.2) is 42.6 Å². The number of ether oxygens (including phenoxy) is 1. The highest BCUT2D eigenvalue weighted by atomic mass is 35.5. The molecule has 96 valence electrons. The van der Waals surface area contributed by atoms with E-state index >= 15 is 0 Å². The van der Waals surface area contributed by atoms with Crippen molar-refractivity contribution in [2.75, 3.05) is 11.5 Å². The van der Waals surface area contributed by atoms with Crippen LogP contribution in [-0.4, -0.2) is 17.5 Å². The van der Waals surface area contributed by atoms with E-state index in [0.29, 0.717) is 11.7 Å². The average Bonchev–Trinajstić information content (AvgIpc) is 2.44. The number of halogens is 1. The molecule has 0 bridgehead atoms. The van der Waals surface area contributed by atoms with Gasteiger partial charge in [0.2, 0.25) is 0 Å². The maximum atomic E-state index is 12.0. The summed E-state index contributed by atoms with van der Waals surface area (Å²) < 4.78 is 5.39. The second-order valence-electron chi connectivity index (χ2n) is 4.23. The summed E-state index contributed by atoms with van der Waals surface area (Å²) in [6.45, 7) is 0.529. The molecule has 0 aliphatic carbocycles. The number of carbonyl (C=O) groups is 1. The number of para-hydroxylation sites is 2. The number of benzene rings is 1. The molecule has 0 spiro atoms. The van der Waals surface area contributed by atoms with Crippen molar-refractivity contribution < 1.29 is 9.53 Å². The summed E-state index contributed by atoms with van der Waals surface area (Å²) in [5.41, 5.74) is 1.71. The summed E-state index contributed by atoms with van der Waals surface area (Å²) in [6.07, 6.45) is 1.67. The van der Waals surface area contributed by atoms with E-state index in [9.17, 15) is 4.79 Å². The Morgan fingerprint density at radius 3 is 2.89 bits per heavy atom. The Morgan fingerprint density at radius 1 is 1.26 bits per heavy atom. The fourth-order valence-electron chi connectivity index (χ4n) is 2.01. The van der Waals surface area contributed by atoms with Crippen LogP contribution in [0.25, 0.3) is 0 Å². The number of pyridine rings is 1. The molecule has 2 aromatic rings. The first-order valence-electron chi connectivity index (χ1n) is 5.86. The molecule has 0 N–H and O–H groups in total. The summed E-state index contributed by atoms with van der Waals surface area (Å²) in [7, 11) is 0. The standard InChI is InChI=1S/C14H11ClN2O2/c15-13-6-5-10(7-16-13)8-17-11-3-1-2-4-12(11)19-9-14(17)18/h1-7H,8-9H2. The van der Waals surface area contributed by atoms with Crippen molar-refractivity contribution in [2.45, 2.75) is 6.54 Å². The zero-order chi connectivity index (χ0) is 13.2. The molecular weight excluding hydrogens is 264 g/mol. The highest BCUT2D eigenvalue weighted by Gasteiger charge is 2.25. The predicted molar refractivity (Wildman–Crippen MR) is 72.4 cm³/mol. The molecule has 0 fully saturated rings. The van der Waals surface area contributed by atoms with Crippen LogP contribution >= 0.6 is 11.6 Å². The maximum Gasteiger partial charge on any atom is 0.265 e. The third kappa shape index (κ3) is 2.39. The molecule has 19 heavy (non-hydrogen) atoms. The van der Waals surface area contributed by atoms with E-state index in [4.69, 9.17) is 16.3 Å². The van der Waals surface area contributed by atoms with Gasteiger partial charge in [0.05, 0.1) is 12.2 Å². The molecule has 3 rings (SSSR count). The second-order valence-corrected chi connectivity index (χ2v) is 4.61. The van der Waals surface area contributed by atoms with Gasteiger partial charge in [-0.05, 0) is 23.8 Å². The van der Waals surface area contributed by atoms with Crippen molar-refractivity contribution in [1.82, 2.24) is 4.98 Å². The van der Waals surface area contributed by atoms with E-state index in [0.717, 1.165) is 17.0 Å². The minimum Gasteiger partial charge on any atom is -0.482 e. The Balaban J connectivity index is 1.91. The van der Waals surface area contributed by atoms with Crippen LogP contribution in [0.5, 0.6) is 5.75 Å². The quantitative estimate of drug-likeness (QED) is 0.791. The Hall–Kier alpha value is -2.07. The van der Waals surface area contributed by atoms with Crippen LogP contribution in [0.1, 0.15) is 5.56 Å². The van der Waals surface area contributed by atoms with Gasteiger partial charge in [-0.2, -0.15) is 0 Å². The number of carbonyl (C=O) groups excluding carboxylic acids is 1. The normalized spacial score (nSPS) is 13.9. The lowest BCUT2D eigenvalue weighted by molar-refractivity contribution is -0.121.